The van der Waals surface area contributed by atoms with Crippen molar-refractivity contribution in [3.05, 3.63) is 76.1 Å². The highest BCUT2D eigenvalue weighted by Gasteiger charge is 2.14. The lowest BCUT2D eigenvalue weighted by Gasteiger charge is -2.10. The zero-order chi connectivity index (χ0) is 18.7. The lowest BCUT2D eigenvalue weighted by Crippen LogP contribution is -2.13. The molecule has 0 aliphatic carbocycles. The summed E-state index contributed by atoms with van der Waals surface area (Å²) in [6, 6.07) is 15.5. The number of hydrogen-bond acceptors (Lipinski definition) is 2. The molecule has 0 spiro atoms. The van der Waals surface area contributed by atoms with Crippen LogP contribution in [0.25, 0.3) is 5.69 Å². The molecule has 0 bridgehead atoms. The Morgan fingerprint density at radius 2 is 1.81 bits per heavy atom. The predicted molar refractivity (Wildman–Crippen MR) is 106 cm³/mol. The predicted octanol–water partition coefficient (Wildman–Crippen LogP) is 5.02. The van der Waals surface area contributed by atoms with Gasteiger partial charge in [-0.1, -0.05) is 35.9 Å². The summed E-state index contributed by atoms with van der Waals surface area (Å²) < 4.78 is 1.93. The van der Waals surface area contributed by atoms with Gasteiger partial charge in [0.25, 0.3) is 0 Å². The number of halogens is 1. The Labute approximate surface area is 158 Å². The molecule has 0 unspecified atom stereocenters. The first kappa shape index (κ1) is 18.2. The van der Waals surface area contributed by atoms with Crippen molar-refractivity contribution in [2.24, 2.45) is 0 Å². The number of carbonyl (C=O) groups excluding carboxylic acids is 1. The van der Waals surface area contributed by atoms with E-state index in [9.17, 15) is 4.79 Å². The standard InChI is InChI=1S/C21H22ClN3O/c1-14-19(22)10-7-11-20(14)23-21(26)13-12-18-15(2)24-25(16(18)3)17-8-5-4-6-9-17/h4-11H,12-13H2,1-3H3,(H,23,26). The second kappa shape index (κ2) is 7.75. The van der Waals surface area contributed by atoms with Crippen LogP contribution in [0.5, 0.6) is 0 Å². The van der Waals surface area contributed by atoms with Crippen molar-refractivity contribution in [1.29, 1.82) is 0 Å². The van der Waals surface area contributed by atoms with Crippen molar-refractivity contribution in [3.8, 4) is 5.69 Å². The smallest absolute Gasteiger partial charge is 0.224 e. The Morgan fingerprint density at radius 3 is 2.54 bits per heavy atom. The van der Waals surface area contributed by atoms with Crippen LogP contribution in [-0.4, -0.2) is 15.7 Å². The highest BCUT2D eigenvalue weighted by atomic mass is 35.5. The quantitative estimate of drug-likeness (QED) is 0.688. The summed E-state index contributed by atoms with van der Waals surface area (Å²) in [5.74, 6) is -0.0263. The van der Waals surface area contributed by atoms with Gasteiger partial charge in [-0.15, -0.1) is 0 Å². The van der Waals surface area contributed by atoms with Crippen LogP contribution in [0.4, 0.5) is 5.69 Å². The van der Waals surface area contributed by atoms with Crippen molar-refractivity contribution in [3.63, 3.8) is 0 Å². The average molecular weight is 368 g/mol. The van der Waals surface area contributed by atoms with Crippen molar-refractivity contribution < 1.29 is 4.79 Å². The van der Waals surface area contributed by atoms with Crippen LogP contribution >= 0.6 is 11.6 Å². The van der Waals surface area contributed by atoms with Crippen LogP contribution in [0, 0.1) is 20.8 Å². The summed E-state index contributed by atoms with van der Waals surface area (Å²) in [5.41, 5.74) is 5.81. The molecule has 5 heteroatoms. The van der Waals surface area contributed by atoms with Gasteiger partial charge in [-0.3, -0.25) is 4.79 Å². The minimum absolute atomic E-state index is 0.0263. The number of nitrogens with one attached hydrogen (secondary N) is 1. The van der Waals surface area contributed by atoms with E-state index < -0.39 is 0 Å². The third-order valence-electron chi connectivity index (χ3n) is 4.59. The average Bonchev–Trinajstić information content (AvgIpc) is 2.92. The SMILES string of the molecule is Cc1nn(-c2ccccc2)c(C)c1CCC(=O)Nc1cccc(Cl)c1C. The van der Waals surface area contributed by atoms with E-state index in [-0.39, 0.29) is 5.91 Å². The summed E-state index contributed by atoms with van der Waals surface area (Å²) in [7, 11) is 0. The molecule has 0 fully saturated rings. The van der Waals surface area contributed by atoms with Gasteiger partial charge >= 0.3 is 0 Å². The Bertz CT molecular complexity index is 932. The number of hydrogen-bond donors (Lipinski definition) is 1. The van der Waals surface area contributed by atoms with Gasteiger partial charge in [-0.25, -0.2) is 4.68 Å². The monoisotopic (exact) mass is 367 g/mol. The number of anilines is 1. The molecule has 0 saturated carbocycles. The van der Waals surface area contributed by atoms with Crippen LogP contribution in [0.1, 0.15) is 28.9 Å². The largest absolute Gasteiger partial charge is 0.326 e. The molecule has 1 N–H and O–H groups in total. The van der Waals surface area contributed by atoms with Crippen LogP contribution in [0.3, 0.4) is 0 Å². The van der Waals surface area contributed by atoms with Gasteiger partial charge in [0.05, 0.1) is 11.4 Å². The van der Waals surface area contributed by atoms with Gasteiger partial charge in [0.2, 0.25) is 5.91 Å². The second-order valence-corrected chi connectivity index (χ2v) is 6.76. The number of aromatic nitrogens is 2. The van der Waals surface area contributed by atoms with E-state index in [2.05, 4.69) is 10.4 Å². The Kier molecular flexibility index (Phi) is 5.43. The molecule has 3 aromatic rings. The third-order valence-corrected chi connectivity index (χ3v) is 5.00. The maximum Gasteiger partial charge on any atom is 0.224 e. The molecule has 0 aliphatic rings. The summed E-state index contributed by atoms with van der Waals surface area (Å²) in [4.78, 5) is 12.4. The van der Waals surface area contributed by atoms with E-state index in [1.165, 1.54) is 0 Å². The van der Waals surface area contributed by atoms with Crippen LogP contribution < -0.4 is 5.32 Å². The zero-order valence-corrected chi connectivity index (χ0v) is 16.0. The minimum atomic E-state index is -0.0263. The molecule has 4 nitrogen and oxygen atoms in total. The van der Waals surface area contributed by atoms with Gasteiger partial charge in [0.15, 0.2) is 0 Å². The number of carbonyl (C=O) groups is 1. The van der Waals surface area contributed by atoms with E-state index in [1.54, 1.807) is 0 Å². The van der Waals surface area contributed by atoms with Crippen molar-refractivity contribution >= 4 is 23.2 Å². The Morgan fingerprint density at radius 1 is 1.08 bits per heavy atom. The summed E-state index contributed by atoms with van der Waals surface area (Å²) in [5, 5.41) is 8.24. The first-order valence-corrected chi connectivity index (χ1v) is 9.00. The highest BCUT2D eigenvalue weighted by molar-refractivity contribution is 6.31. The van der Waals surface area contributed by atoms with Crippen molar-refractivity contribution in [2.75, 3.05) is 5.32 Å². The molecule has 2 aromatic carbocycles. The van der Waals surface area contributed by atoms with Crippen molar-refractivity contribution in [1.82, 2.24) is 9.78 Å². The molecule has 0 radical (unpaired) electrons. The molecule has 0 atom stereocenters. The van der Waals surface area contributed by atoms with E-state index >= 15 is 0 Å². The molecule has 1 heterocycles. The molecular weight excluding hydrogens is 346 g/mol. The molecule has 1 aromatic heterocycles. The normalized spacial score (nSPS) is 10.8. The van der Waals surface area contributed by atoms with Gasteiger partial charge in [0.1, 0.15) is 0 Å². The molecule has 1 amide bonds. The summed E-state index contributed by atoms with van der Waals surface area (Å²) >= 11 is 6.11. The van der Waals surface area contributed by atoms with Gasteiger partial charge in [-0.2, -0.15) is 5.10 Å². The molecular formula is C21H22ClN3O. The fourth-order valence-electron chi connectivity index (χ4n) is 3.05. The number of nitrogens with zero attached hydrogens (tertiary/aromatic N) is 2. The Hall–Kier alpha value is -2.59. The number of aryl methyl sites for hydroxylation is 1. The number of amides is 1. The molecule has 0 saturated heterocycles. The highest BCUT2D eigenvalue weighted by Crippen LogP contribution is 2.24. The fraction of sp³-hybridized carbons (Fsp3) is 0.238. The summed E-state index contributed by atoms with van der Waals surface area (Å²) in [6.45, 7) is 5.93. The van der Waals surface area contributed by atoms with Gasteiger partial charge in [0, 0.05) is 22.8 Å². The maximum atomic E-state index is 12.4. The van der Waals surface area contributed by atoms with E-state index in [4.69, 9.17) is 11.6 Å². The topological polar surface area (TPSA) is 46.9 Å². The number of benzene rings is 2. The van der Waals surface area contributed by atoms with E-state index in [0.29, 0.717) is 17.9 Å². The lowest BCUT2D eigenvalue weighted by atomic mass is 10.1. The second-order valence-electron chi connectivity index (χ2n) is 6.36. The van der Waals surface area contributed by atoms with Crippen molar-refractivity contribution in [2.45, 2.75) is 33.6 Å². The van der Waals surface area contributed by atoms with Crippen LogP contribution in [0.15, 0.2) is 48.5 Å². The van der Waals surface area contributed by atoms with Crippen LogP contribution in [-0.2, 0) is 11.2 Å². The van der Waals surface area contributed by atoms with Crippen LogP contribution in [0.2, 0.25) is 5.02 Å². The van der Waals surface area contributed by atoms with E-state index in [0.717, 1.165) is 33.9 Å². The minimum Gasteiger partial charge on any atom is -0.326 e. The summed E-state index contributed by atoms with van der Waals surface area (Å²) in [6.07, 6.45) is 1.05. The molecule has 3 rings (SSSR count). The number of rotatable bonds is 5. The van der Waals surface area contributed by atoms with Gasteiger partial charge in [-0.05, 0) is 62.6 Å². The third kappa shape index (κ3) is 3.81. The Balaban J connectivity index is 1.71. The molecule has 0 aliphatic heterocycles. The lowest BCUT2D eigenvalue weighted by molar-refractivity contribution is -0.116. The first-order valence-electron chi connectivity index (χ1n) is 8.63. The fourth-order valence-corrected chi connectivity index (χ4v) is 3.23. The molecule has 134 valence electrons. The zero-order valence-electron chi connectivity index (χ0n) is 15.2. The van der Waals surface area contributed by atoms with E-state index in [1.807, 2.05) is 74.0 Å². The van der Waals surface area contributed by atoms with Gasteiger partial charge < -0.3 is 5.32 Å². The molecule has 26 heavy (non-hydrogen) atoms. The number of para-hydroxylation sites is 1. The first-order chi connectivity index (χ1) is 12.5. The maximum absolute atomic E-state index is 12.4.